The Bertz CT molecular complexity index is 1270. The van der Waals surface area contributed by atoms with Crippen LogP contribution in [-0.2, 0) is 12.1 Å². The van der Waals surface area contributed by atoms with Gasteiger partial charge in [-0.1, -0.05) is 78.8 Å². The summed E-state index contributed by atoms with van der Waals surface area (Å²) in [6, 6.07) is 25.3. The minimum absolute atomic E-state index is 0.0915. The third kappa shape index (κ3) is 5.31. The fourth-order valence-corrected chi connectivity index (χ4v) is 5.18. The van der Waals surface area contributed by atoms with Crippen molar-refractivity contribution in [3.05, 3.63) is 113 Å². The van der Waals surface area contributed by atoms with Gasteiger partial charge in [0, 0.05) is 6.54 Å². The van der Waals surface area contributed by atoms with Crippen LogP contribution in [0.5, 0.6) is 5.75 Å². The molecule has 1 aliphatic heterocycles. The highest BCUT2D eigenvalue weighted by atomic mass is 16.5. The number of hydrogen-bond donors (Lipinski definition) is 1. The molecule has 5 rings (SSSR count). The second-order valence-corrected chi connectivity index (χ2v) is 10.0. The lowest BCUT2D eigenvalue weighted by molar-refractivity contribution is 0.0300. The molecule has 0 bridgehead atoms. The minimum atomic E-state index is -1.51. The first-order valence-corrected chi connectivity index (χ1v) is 13.1. The van der Waals surface area contributed by atoms with Gasteiger partial charge in [0.1, 0.15) is 11.9 Å². The van der Waals surface area contributed by atoms with Gasteiger partial charge < -0.3 is 14.4 Å². The number of rotatable bonds is 8. The zero-order valence-electron chi connectivity index (χ0n) is 21.8. The first-order valence-electron chi connectivity index (χ1n) is 13.1. The highest BCUT2D eigenvalue weighted by molar-refractivity contribution is 5.42. The largest absolute Gasteiger partial charge is 0.489 e. The van der Waals surface area contributed by atoms with Gasteiger partial charge in [0.05, 0.1) is 6.54 Å². The quantitative estimate of drug-likeness (QED) is 0.339. The summed E-state index contributed by atoms with van der Waals surface area (Å²) in [6.07, 6.45) is 2.22. The van der Waals surface area contributed by atoms with E-state index in [0.717, 1.165) is 31.7 Å². The summed E-state index contributed by atoms with van der Waals surface area (Å²) in [5.41, 5.74) is 2.39. The average molecular weight is 498 g/mol. The molecule has 1 saturated heterocycles. The van der Waals surface area contributed by atoms with Crippen LogP contribution in [0.1, 0.15) is 53.7 Å². The molecule has 2 unspecified atom stereocenters. The van der Waals surface area contributed by atoms with Crippen LogP contribution in [0, 0.1) is 19.8 Å². The molecule has 2 atom stereocenters. The number of nitrogens with zero attached hydrogens (tertiary/aromatic N) is 3. The highest BCUT2D eigenvalue weighted by Crippen LogP contribution is 2.35. The third-order valence-corrected chi connectivity index (χ3v) is 7.60. The molecule has 1 aromatic heterocycles. The molecule has 6 nitrogen and oxygen atoms in total. The molecular formula is C31H35N3O3. The van der Waals surface area contributed by atoms with Crippen molar-refractivity contribution >= 4 is 0 Å². The van der Waals surface area contributed by atoms with Gasteiger partial charge in [-0.3, -0.25) is 4.90 Å². The molecule has 0 radical (unpaired) electrons. The zero-order chi connectivity index (χ0) is 25.8. The van der Waals surface area contributed by atoms with Crippen molar-refractivity contribution in [3.63, 3.8) is 0 Å². The lowest BCUT2D eigenvalue weighted by atomic mass is 9.85. The first kappa shape index (κ1) is 25.2. The van der Waals surface area contributed by atoms with Crippen LogP contribution >= 0.6 is 0 Å². The summed E-state index contributed by atoms with van der Waals surface area (Å²) in [5, 5.41) is 16.2. The van der Waals surface area contributed by atoms with Crippen molar-refractivity contribution in [1.29, 1.82) is 0 Å². The Morgan fingerprint density at radius 2 is 1.65 bits per heavy atom. The lowest BCUT2D eigenvalue weighted by Crippen LogP contribution is -2.46. The average Bonchev–Trinajstić information content (AvgIpc) is 3.40. The standard InChI is InChI=1S/C31H35N3O3/c1-4-24-17-18-34(20-28(24)36-27-16-15-22(2)23(3)19-27)21-29-32-30(33-37-29)31(35,25-11-7-5-8-12-25)26-13-9-6-10-14-26/h5-16,19,24,28,35H,4,17-18,20-21H2,1-3H3. The summed E-state index contributed by atoms with van der Waals surface area (Å²) in [6.45, 7) is 8.69. The van der Waals surface area contributed by atoms with E-state index in [-0.39, 0.29) is 11.9 Å². The molecule has 0 spiro atoms. The molecule has 3 aromatic carbocycles. The van der Waals surface area contributed by atoms with Gasteiger partial charge in [-0.05, 0) is 73.5 Å². The summed E-state index contributed by atoms with van der Waals surface area (Å²) < 4.78 is 12.2. The molecule has 1 aliphatic rings. The fourth-order valence-electron chi connectivity index (χ4n) is 5.18. The molecular weight excluding hydrogens is 462 g/mol. The topological polar surface area (TPSA) is 71.6 Å². The van der Waals surface area contributed by atoms with Gasteiger partial charge in [-0.25, -0.2) is 0 Å². The molecule has 37 heavy (non-hydrogen) atoms. The molecule has 1 N–H and O–H groups in total. The highest BCUT2D eigenvalue weighted by Gasteiger charge is 2.39. The van der Waals surface area contributed by atoms with Gasteiger partial charge in [-0.15, -0.1) is 0 Å². The van der Waals surface area contributed by atoms with Crippen molar-refractivity contribution < 1.29 is 14.4 Å². The van der Waals surface area contributed by atoms with Crippen LogP contribution in [-0.4, -0.2) is 39.3 Å². The fraction of sp³-hybridized carbons (Fsp3) is 0.355. The summed E-state index contributed by atoms with van der Waals surface area (Å²) in [5.74, 6) is 2.15. The maximum Gasteiger partial charge on any atom is 0.240 e. The Kier molecular flexibility index (Phi) is 7.40. The number of aliphatic hydroxyl groups is 1. The van der Waals surface area contributed by atoms with E-state index in [0.29, 0.717) is 29.5 Å². The Balaban J connectivity index is 1.35. The van der Waals surface area contributed by atoms with Crippen molar-refractivity contribution in [1.82, 2.24) is 15.0 Å². The van der Waals surface area contributed by atoms with Crippen LogP contribution in [0.25, 0.3) is 0 Å². The van der Waals surface area contributed by atoms with Crippen molar-refractivity contribution in [3.8, 4) is 5.75 Å². The predicted octanol–water partition coefficient (Wildman–Crippen LogP) is 5.65. The van der Waals surface area contributed by atoms with Gasteiger partial charge in [0.25, 0.3) is 0 Å². The lowest BCUT2D eigenvalue weighted by Gasteiger charge is -2.37. The first-order chi connectivity index (χ1) is 18.0. The Labute approximate surface area is 218 Å². The molecule has 6 heteroatoms. The molecule has 0 amide bonds. The monoisotopic (exact) mass is 497 g/mol. The summed E-state index contributed by atoms with van der Waals surface area (Å²) >= 11 is 0. The summed E-state index contributed by atoms with van der Waals surface area (Å²) in [4.78, 5) is 6.99. The van der Waals surface area contributed by atoms with Gasteiger partial charge >= 0.3 is 0 Å². The second kappa shape index (κ2) is 10.9. The van der Waals surface area contributed by atoms with Crippen molar-refractivity contribution in [2.45, 2.75) is 51.9 Å². The van der Waals surface area contributed by atoms with Crippen molar-refractivity contribution in [2.24, 2.45) is 5.92 Å². The Hall–Kier alpha value is -3.48. The van der Waals surface area contributed by atoms with Crippen molar-refractivity contribution in [2.75, 3.05) is 13.1 Å². The normalized spacial score (nSPS) is 18.6. The van der Waals surface area contributed by atoms with Crippen LogP contribution in [0.3, 0.4) is 0 Å². The molecule has 4 aromatic rings. The van der Waals surface area contributed by atoms with E-state index in [2.05, 4.69) is 54.0 Å². The number of ether oxygens (including phenoxy) is 1. The van der Waals surface area contributed by atoms with E-state index in [1.165, 1.54) is 11.1 Å². The number of aryl methyl sites for hydroxylation is 2. The second-order valence-electron chi connectivity index (χ2n) is 10.0. The number of piperidine rings is 1. The molecule has 0 saturated carbocycles. The van der Waals surface area contributed by atoms with E-state index in [4.69, 9.17) is 9.26 Å². The van der Waals surface area contributed by atoms with Crippen LogP contribution in [0.15, 0.2) is 83.4 Å². The number of benzene rings is 3. The molecule has 0 aliphatic carbocycles. The predicted molar refractivity (Wildman–Crippen MR) is 143 cm³/mol. The van der Waals surface area contributed by atoms with E-state index >= 15 is 0 Å². The van der Waals surface area contributed by atoms with E-state index in [9.17, 15) is 5.11 Å². The molecule has 2 heterocycles. The maximum absolute atomic E-state index is 11.9. The third-order valence-electron chi connectivity index (χ3n) is 7.60. The summed E-state index contributed by atoms with van der Waals surface area (Å²) in [7, 11) is 0. The number of hydrogen-bond acceptors (Lipinski definition) is 6. The van der Waals surface area contributed by atoms with Gasteiger partial charge in [0.15, 0.2) is 5.60 Å². The number of likely N-dealkylation sites (tertiary alicyclic amines) is 1. The Morgan fingerprint density at radius 3 is 2.27 bits per heavy atom. The van der Waals surface area contributed by atoms with Gasteiger partial charge in [0.2, 0.25) is 11.7 Å². The Morgan fingerprint density at radius 1 is 0.973 bits per heavy atom. The van der Waals surface area contributed by atoms with E-state index in [1.54, 1.807) is 0 Å². The van der Waals surface area contributed by atoms with Crippen LogP contribution < -0.4 is 4.74 Å². The smallest absolute Gasteiger partial charge is 0.240 e. The van der Waals surface area contributed by atoms with E-state index < -0.39 is 5.60 Å². The molecule has 1 fully saturated rings. The maximum atomic E-state index is 11.9. The zero-order valence-corrected chi connectivity index (χ0v) is 21.8. The van der Waals surface area contributed by atoms with Crippen LogP contribution in [0.4, 0.5) is 0 Å². The number of aromatic nitrogens is 2. The SMILES string of the molecule is CCC1CCN(Cc2nc(C(O)(c3ccccc3)c3ccccc3)no2)CC1Oc1ccc(C)c(C)c1. The van der Waals surface area contributed by atoms with Gasteiger partial charge in [-0.2, -0.15) is 4.98 Å². The van der Waals surface area contributed by atoms with E-state index in [1.807, 2.05) is 60.7 Å². The van der Waals surface area contributed by atoms with Crippen LogP contribution in [0.2, 0.25) is 0 Å². The minimum Gasteiger partial charge on any atom is -0.489 e. The molecule has 192 valence electrons.